The van der Waals surface area contributed by atoms with Crippen LogP contribution < -0.4 is 21.5 Å². The molecular weight excluding hydrogens is 204 g/mol. The van der Waals surface area contributed by atoms with Crippen molar-refractivity contribution in [2.75, 3.05) is 23.8 Å². The van der Waals surface area contributed by atoms with Gasteiger partial charge in [0, 0.05) is 19.1 Å². The average Bonchev–Trinajstić information content (AvgIpc) is 2.80. The molecule has 1 aromatic rings. The minimum atomic E-state index is 0.480. The topological polar surface area (TPSA) is 73.9 Å². The molecule has 4 N–H and O–H groups in total. The Bertz CT molecular complexity index is 374. The van der Waals surface area contributed by atoms with Gasteiger partial charge in [-0.15, -0.1) is 0 Å². The molecule has 0 aliphatic carbocycles. The number of piperidine rings is 1. The molecule has 0 radical (unpaired) electrons. The molecule has 86 valence electrons. The van der Waals surface area contributed by atoms with Gasteiger partial charge in [-0.1, -0.05) is 0 Å². The third-order valence-corrected chi connectivity index (χ3v) is 3.06. The molecule has 6 nitrogen and oxygen atoms in total. The third-order valence-electron chi connectivity index (χ3n) is 3.06. The minimum Gasteiger partial charge on any atom is -0.366 e. The Morgan fingerprint density at radius 1 is 1.38 bits per heavy atom. The summed E-state index contributed by atoms with van der Waals surface area (Å²) in [6.07, 6.45) is 4.02. The van der Waals surface area contributed by atoms with Gasteiger partial charge in [0.15, 0.2) is 0 Å². The summed E-state index contributed by atoms with van der Waals surface area (Å²) in [6.45, 7) is 2.92. The number of fused-ring (bicyclic) bond motifs is 1. The van der Waals surface area contributed by atoms with E-state index in [9.17, 15) is 0 Å². The Morgan fingerprint density at radius 3 is 3.25 bits per heavy atom. The van der Waals surface area contributed by atoms with E-state index < -0.39 is 0 Å². The van der Waals surface area contributed by atoms with E-state index >= 15 is 0 Å². The van der Waals surface area contributed by atoms with Crippen LogP contribution in [0.4, 0.5) is 11.6 Å². The molecule has 0 saturated carbocycles. The van der Waals surface area contributed by atoms with Gasteiger partial charge in [0.2, 0.25) is 0 Å². The van der Waals surface area contributed by atoms with Gasteiger partial charge in [0.25, 0.3) is 0 Å². The number of nitrogens with one attached hydrogen (secondary N) is 4. The van der Waals surface area contributed by atoms with Crippen LogP contribution in [-0.2, 0) is 6.54 Å². The second kappa shape index (κ2) is 4.23. The molecule has 0 aromatic carbocycles. The van der Waals surface area contributed by atoms with Crippen molar-refractivity contribution in [3.8, 4) is 0 Å². The first-order valence-electron chi connectivity index (χ1n) is 5.73. The maximum absolute atomic E-state index is 4.31. The predicted molar refractivity (Wildman–Crippen MR) is 62.0 cm³/mol. The number of rotatable bonds is 2. The van der Waals surface area contributed by atoms with Crippen LogP contribution >= 0.6 is 0 Å². The summed E-state index contributed by atoms with van der Waals surface area (Å²) >= 11 is 0. The maximum atomic E-state index is 4.31. The average molecular weight is 220 g/mol. The monoisotopic (exact) mass is 220 g/mol. The lowest BCUT2D eigenvalue weighted by Gasteiger charge is -2.24. The first kappa shape index (κ1) is 9.80. The number of aromatic nitrogens is 2. The highest BCUT2D eigenvalue weighted by Crippen LogP contribution is 2.23. The Labute approximate surface area is 94.2 Å². The second-order valence-corrected chi connectivity index (χ2v) is 4.22. The fraction of sp³-hybridized carbons (Fsp3) is 0.600. The summed E-state index contributed by atoms with van der Waals surface area (Å²) in [5, 5.41) is 6.87. The van der Waals surface area contributed by atoms with Gasteiger partial charge in [-0.2, -0.15) is 0 Å². The molecule has 3 rings (SSSR count). The van der Waals surface area contributed by atoms with Gasteiger partial charge in [-0.3, -0.25) is 0 Å². The van der Waals surface area contributed by atoms with Crippen LogP contribution in [0.2, 0.25) is 0 Å². The lowest BCUT2D eigenvalue weighted by Crippen LogP contribution is -2.38. The zero-order valence-electron chi connectivity index (χ0n) is 9.08. The van der Waals surface area contributed by atoms with Crippen LogP contribution in [0.25, 0.3) is 0 Å². The van der Waals surface area contributed by atoms with Gasteiger partial charge >= 0.3 is 0 Å². The summed E-state index contributed by atoms with van der Waals surface area (Å²) in [6, 6.07) is 0.480. The molecule has 1 aromatic heterocycles. The SMILES string of the molecule is c1nc2c(c(N[C@H]3CCCNC3)n1)CNN2. The highest BCUT2D eigenvalue weighted by Gasteiger charge is 2.19. The molecule has 0 bridgehead atoms. The third kappa shape index (κ3) is 1.81. The number of hydrazine groups is 1. The Hall–Kier alpha value is -1.40. The van der Waals surface area contributed by atoms with Crippen molar-refractivity contribution in [2.24, 2.45) is 0 Å². The van der Waals surface area contributed by atoms with Crippen molar-refractivity contribution in [3.05, 3.63) is 11.9 Å². The number of anilines is 2. The highest BCUT2D eigenvalue weighted by molar-refractivity contribution is 5.59. The van der Waals surface area contributed by atoms with E-state index in [1.165, 1.54) is 12.8 Å². The summed E-state index contributed by atoms with van der Waals surface area (Å²) in [7, 11) is 0. The summed E-state index contributed by atoms with van der Waals surface area (Å²) in [4.78, 5) is 8.49. The van der Waals surface area contributed by atoms with Crippen molar-refractivity contribution in [2.45, 2.75) is 25.4 Å². The molecule has 2 aliphatic rings. The second-order valence-electron chi connectivity index (χ2n) is 4.22. The molecule has 1 atom stereocenters. The van der Waals surface area contributed by atoms with Crippen molar-refractivity contribution in [3.63, 3.8) is 0 Å². The molecule has 2 aliphatic heterocycles. The molecule has 0 amide bonds. The molecule has 1 saturated heterocycles. The van der Waals surface area contributed by atoms with E-state index in [1.807, 2.05) is 0 Å². The van der Waals surface area contributed by atoms with Gasteiger partial charge in [-0.25, -0.2) is 15.4 Å². The van der Waals surface area contributed by atoms with Crippen LogP contribution in [0.3, 0.4) is 0 Å². The van der Waals surface area contributed by atoms with Gasteiger partial charge in [0.05, 0.1) is 5.56 Å². The standard InChI is InChI=1S/C10H16N6/c1-2-7(4-11-3-1)15-9-8-5-14-16-10(8)13-6-12-9/h6-7,11,14H,1-5H2,(H2,12,13,15,16)/t7-/m0/s1. The van der Waals surface area contributed by atoms with Crippen LogP contribution in [0, 0.1) is 0 Å². The lowest BCUT2D eigenvalue weighted by atomic mass is 10.1. The van der Waals surface area contributed by atoms with Crippen LogP contribution in [0.1, 0.15) is 18.4 Å². The van der Waals surface area contributed by atoms with Crippen molar-refractivity contribution < 1.29 is 0 Å². The zero-order chi connectivity index (χ0) is 10.8. The van der Waals surface area contributed by atoms with E-state index in [-0.39, 0.29) is 0 Å². The van der Waals surface area contributed by atoms with Gasteiger partial charge in [-0.05, 0) is 19.4 Å². The molecule has 6 heteroatoms. The highest BCUT2D eigenvalue weighted by atomic mass is 15.4. The zero-order valence-corrected chi connectivity index (χ0v) is 9.08. The minimum absolute atomic E-state index is 0.480. The predicted octanol–water partition coefficient (Wildman–Crippen LogP) is 0.0706. The van der Waals surface area contributed by atoms with Crippen LogP contribution in [-0.4, -0.2) is 29.1 Å². The largest absolute Gasteiger partial charge is 0.366 e. The van der Waals surface area contributed by atoms with Crippen LogP contribution in [0.5, 0.6) is 0 Å². The molecular formula is C10H16N6. The fourth-order valence-electron chi connectivity index (χ4n) is 2.20. The van der Waals surface area contributed by atoms with Gasteiger partial charge < -0.3 is 16.1 Å². The number of nitrogens with zero attached hydrogens (tertiary/aromatic N) is 2. The molecule has 3 heterocycles. The lowest BCUT2D eigenvalue weighted by molar-refractivity contribution is 0.478. The number of hydrogen-bond donors (Lipinski definition) is 4. The fourth-order valence-corrected chi connectivity index (χ4v) is 2.20. The van der Waals surface area contributed by atoms with Gasteiger partial charge in [0.1, 0.15) is 18.0 Å². The molecule has 0 unspecified atom stereocenters. The van der Waals surface area contributed by atoms with E-state index in [1.54, 1.807) is 6.33 Å². The Morgan fingerprint density at radius 2 is 2.38 bits per heavy atom. The summed E-state index contributed by atoms with van der Waals surface area (Å²) in [5.41, 5.74) is 7.21. The first-order valence-corrected chi connectivity index (χ1v) is 5.73. The van der Waals surface area contributed by atoms with E-state index in [0.717, 1.165) is 36.8 Å². The normalized spacial score (nSPS) is 23.6. The van der Waals surface area contributed by atoms with Crippen LogP contribution in [0.15, 0.2) is 6.33 Å². The van der Waals surface area contributed by atoms with Crippen molar-refractivity contribution in [1.82, 2.24) is 20.7 Å². The maximum Gasteiger partial charge on any atom is 0.150 e. The van der Waals surface area contributed by atoms with E-state index in [4.69, 9.17) is 0 Å². The van der Waals surface area contributed by atoms with E-state index in [0.29, 0.717) is 6.04 Å². The van der Waals surface area contributed by atoms with Crippen molar-refractivity contribution >= 4 is 11.6 Å². The molecule has 16 heavy (non-hydrogen) atoms. The van der Waals surface area contributed by atoms with Crippen molar-refractivity contribution in [1.29, 1.82) is 0 Å². The van der Waals surface area contributed by atoms with E-state index in [2.05, 4.69) is 31.5 Å². The smallest absolute Gasteiger partial charge is 0.150 e. The summed E-state index contributed by atoms with van der Waals surface area (Å²) < 4.78 is 0. The quantitative estimate of drug-likeness (QED) is 0.565. The Kier molecular flexibility index (Phi) is 2.59. The molecule has 1 fully saturated rings. The first-order chi connectivity index (χ1) is 7.93. The molecule has 0 spiro atoms. The Balaban J connectivity index is 1.76. The number of hydrogen-bond acceptors (Lipinski definition) is 6. The summed E-state index contributed by atoms with van der Waals surface area (Å²) in [5.74, 6) is 1.84.